The minimum Gasteiger partial charge on any atom is -0.330 e. The molecule has 0 radical (unpaired) electrons. The highest BCUT2D eigenvalue weighted by Crippen LogP contribution is 2.33. The van der Waals surface area contributed by atoms with Crippen LogP contribution in [0.2, 0.25) is 0 Å². The second-order valence-electron chi connectivity index (χ2n) is 6.32. The van der Waals surface area contributed by atoms with Gasteiger partial charge >= 0.3 is 0 Å². The van der Waals surface area contributed by atoms with Crippen LogP contribution in [0.5, 0.6) is 0 Å². The molecular weight excluding hydrogens is 342 g/mol. The molecule has 0 spiro atoms. The SMILES string of the molecule is Cc1nc(Nc2ncccn2)cc([C@@H]2CCCN2C(=O)c2cccnc2)n1. The van der Waals surface area contributed by atoms with E-state index in [9.17, 15) is 4.79 Å². The number of carbonyl (C=O) groups excluding carboxylic acids is 1. The number of aromatic nitrogens is 5. The van der Waals surface area contributed by atoms with Gasteiger partial charge in [0, 0.05) is 37.4 Å². The maximum absolute atomic E-state index is 12.9. The summed E-state index contributed by atoms with van der Waals surface area (Å²) in [5.41, 5.74) is 1.40. The Morgan fingerprint density at radius 1 is 1.19 bits per heavy atom. The van der Waals surface area contributed by atoms with E-state index in [2.05, 4.69) is 30.2 Å². The van der Waals surface area contributed by atoms with E-state index in [1.54, 1.807) is 43.0 Å². The number of rotatable bonds is 4. The highest BCUT2D eigenvalue weighted by Gasteiger charge is 2.32. The van der Waals surface area contributed by atoms with Crippen molar-refractivity contribution >= 4 is 17.7 Å². The molecule has 3 aromatic rings. The van der Waals surface area contributed by atoms with Crippen molar-refractivity contribution in [3.8, 4) is 0 Å². The molecule has 136 valence electrons. The van der Waals surface area contributed by atoms with Gasteiger partial charge in [-0.05, 0) is 38.0 Å². The van der Waals surface area contributed by atoms with Crippen molar-refractivity contribution < 1.29 is 4.79 Å². The van der Waals surface area contributed by atoms with Gasteiger partial charge in [0.1, 0.15) is 11.6 Å². The van der Waals surface area contributed by atoms with Crippen molar-refractivity contribution in [1.82, 2.24) is 29.8 Å². The first-order valence-corrected chi connectivity index (χ1v) is 8.81. The third kappa shape index (κ3) is 3.74. The number of likely N-dealkylation sites (tertiary alicyclic amines) is 1. The van der Waals surface area contributed by atoms with Crippen LogP contribution < -0.4 is 5.32 Å². The Kier molecular flexibility index (Phi) is 4.69. The molecule has 0 aliphatic carbocycles. The lowest BCUT2D eigenvalue weighted by molar-refractivity contribution is 0.0732. The van der Waals surface area contributed by atoms with Crippen molar-refractivity contribution in [2.24, 2.45) is 0 Å². The summed E-state index contributed by atoms with van der Waals surface area (Å²) in [6.07, 6.45) is 8.39. The van der Waals surface area contributed by atoms with Gasteiger partial charge in [0.25, 0.3) is 5.91 Å². The van der Waals surface area contributed by atoms with Crippen molar-refractivity contribution in [2.45, 2.75) is 25.8 Å². The maximum atomic E-state index is 12.9. The van der Waals surface area contributed by atoms with Crippen LogP contribution in [0.4, 0.5) is 11.8 Å². The molecule has 1 atom stereocenters. The zero-order chi connectivity index (χ0) is 18.6. The van der Waals surface area contributed by atoms with Gasteiger partial charge in [-0.1, -0.05) is 0 Å². The van der Waals surface area contributed by atoms with Gasteiger partial charge in [-0.25, -0.2) is 19.9 Å². The van der Waals surface area contributed by atoms with E-state index < -0.39 is 0 Å². The average Bonchev–Trinajstić information content (AvgIpc) is 3.18. The standard InChI is InChI=1S/C19H19N7O/c1-13-23-15(11-17(24-13)25-19-21-8-4-9-22-19)16-6-3-10-26(16)18(27)14-5-2-7-20-12-14/h2,4-5,7-9,11-12,16H,3,6,10H2,1H3,(H,21,22,23,24,25)/t16-/m0/s1. The lowest BCUT2D eigenvalue weighted by Gasteiger charge is -2.24. The van der Waals surface area contributed by atoms with Crippen LogP contribution >= 0.6 is 0 Å². The Morgan fingerprint density at radius 3 is 2.81 bits per heavy atom. The third-order valence-electron chi connectivity index (χ3n) is 4.43. The number of aryl methyl sites for hydroxylation is 1. The quantitative estimate of drug-likeness (QED) is 0.763. The van der Waals surface area contributed by atoms with Gasteiger partial charge in [0.05, 0.1) is 17.3 Å². The van der Waals surface area contributed by atoms with Crippen molar-refractivity contribution in [3.63, 3.8) is 0 Å². The van der Waals surface area contributed by atoms with Gasteiger partial charge in [-0.2, -0.15) is 0 Å². The fraction of sp³-hybridized carbons (Fsp3) is 0.263. The fourth-order valence-electron chi connectivity index (χ4n) is 3.28. The number of pyridine rings is 1. The van der Waals surface area contributed by atoms with E-state index in [1.807, 2.05) is 17.9 Å². The van der Waals surface area contributed by atoms with Crippen molar-refractivity contribution in [1.29, 1.82) is 0 Å². The summed E-state index contributed by atoms with van der Waals surface area (Å²) in [5, 5.41) is 3.10. The molecule has 8 heteroatoms. The maximum Gasteiger partial charge on any atom is 0.255 e. The highest BCUT2D eigenvalue weighted by molar-refractivity contribution is 5.94. The number of hydrogen-bond donors (Lipinski definition) is 1. The summed E-state index contributed by atoms with van der Waals surface area (Å²) >= 11 is 0. The highest BCUT2D eigenvalue weighted by atomic mass is 16.2. The summed E-state index contributed by atoms with van der Waals surface area (Å²) in [5.74, 6) is 1.69. The van der Waals surface area contributed by atoms with E-state index in [-0.39, 0.29) is 11.9 Å². The van der Waals surface area contributed by atoms with Gasteiger partial charge in [-0.3, -0.25) is 9.78 Å². The second-order valence-corrected chi connectivity index (χ2v) is 6.32. The second kappa shape index (κ2) is 7.45. The molecule has 1 amide bonds. The molecule has 1 aliphatic heterocycles. The predicted octanol–water partition coefficient (Wildman–Crippen LogP) is 2.69. The predicted molar refractivity (Wildman–Crippen MR) is 99.3 cm³/mol. The van der Waals surface area contributed by atoms with Gasteiger partial charge in [-0.15, -0.1) is 0 Å². The molecule has 3 aromatic heterocycles. The van der Waals surface area contributed by atoms with Crippen LogP contribution in [-0.2, 0) is 0 Å². The summed E-state index contributed by atoms with van der Waals surface area (Å²) in [4.78, 5) is 36.1. The number of nitrogens with one attached hydrogen (secondary N) is 1. The lowest BCUT2D eigenvalue weighted by Crippen LogP contribution is -2.31. The Bertz CT molecular complexity index is 933. The zero-order valence-electron chi connectivity index (χ0n) is 14.9. The number of nitrogens with zero attached hydrogens (tertiary/aromatic N) is 6. The molecule has 4 heterocycles. The van der Waals surface area contributed by atoms with Crippen molar-refractivity contribution in [3.05, 3.63) is 66.1 Å². The molecule has 8 nitrogen and oxygen atoms in total. The molecular formula is C19H19N7O. The molecule has 1 aliphatic rings. The fourth-order valence-corrected chi connectivity index (χ4v) is 3.28. The van der Waals surface area contributed by atoms with E-state index >= 15 is 0 Å². The zero-order valence-corrected chi connectivity index (χ0v) is 14.9. The number of hydrogen-bond acceptors (Lipinski definition) is 7. The topological polar surface area (TPSA) is 96.8 Å². The largest absolute Gasteiger partial charge is 0.330 e. The normalized spacial score (nSPS) is 16.3. The summed E-state index contributed by atoms with van der Waals surface area (Å²) in [6.45, 7) is 2.54. The molecule has 1 saturated heterocycles. The number of anilines is 2. The van der Waals surface area contributed by atoms with Crippen LogP contribution in [0, 0.1) is 6.92 Å². The van der Waals surface area contributed by atoms with Gasteiger partial charge in [0.15, 0.2) is 0 Å². The van der Waals surface area contributed by atoms with E-state index in [1.165, 1.54) is 0 Å². The molecule has 4 rings (SSSR count). The molecule has 1 N–H and O–H groups in total. The number of carbonyl (C=O) groups is 1. The Balaban J connectivity index is 1.61. The van der Waals surface area contributed by atoms with Crippen LogP contribution in [0.3, 0.4) is 0 Å². The number of amides is 1. The minimum absolute atomic E-state index is 0.0252. The third-order valence-corrected chi connectivity index (χ3v) is 4.43. The average molecular weight is 361 g/mol. The monoisotopic (exact) mass is 361 g/mol. The molecule has 0 unspecified atom stereocenters. The first-order valence-electron chi connectivity index (χ1n) is 8.81. The lowest BCUT2D eigenvalue weighted by atomic mass is 10.1. The van der Waals surface area contributed by atoms with Gasteiger partial charge < -0.3 is 10.2 Å². The van der Waals surface area contributed by atoms with E-state index in [4.69, 9.17) is 0 Å². The Hall–Kier alpha value is -3.42. The van der Waals surface area contributed by atoms with E-state index in [0.717, 1.165) is 18.5 Å². The van der Waals surface area contributed by atoms with Gasteiger partial charge in [0.2, 0.25) is 5.95 Å². The van der Waals surface area contributed by atoms with E-state index in [0.29, 0.717) is 29.7 Å². The first-order chi connectivity index (χ1) is 13.2. The Morgan fingerprint density at radius 2 is 2.04 bits per heavy atom. The molecule has 27 heavy (non-hydrogen) atoms. The van der Waals surface area contributed by atoms with Crippen molar-refractivity contribution in [2.75, 3.05) is 11.9 Å². The van der Waals surface area contributed by atoms with Crippen LogP contribution in [-0.4, -0.2) is 42.3 Å². The minimum atomic E-state index is -0.0864. The molecule has 1 fully saturated rings. The Labute approximate surface area is 156 Å². The summed E-state index contributed by atoms with van der Waals surface area (Å²) in [7, 11) is 0. The van der Waals surface area contributed by atoms with Crippen LogP contribution in [0.25, 0.3) is 0 Å². The first kappa shape index (κ1) is 17.0. The summed E-state index contributed by atoms with van der Waals surface area (Å²) < 4.78 is 0. The summed E-state index contributed by atoms with van der Waals surface area (Å²) in [6, 6.07) is 7.09. The molecule has 0 saturated carbocycles. The van der Waals surface area contributed by atoms with Crippen LogP contribution in [0.1, 0.15) is 40.8 Å². The van der Waals surface area contributed by atoms with Crippen LogP contribution in [0.15, 0.2) is 49.1 Å². The molecule has 0 bridgehead atoms. The smallest absolute Gasteiger partial charge is 0.255 e. The molecule has 0 aromatic carbocycles.